The van der Waals surface area contributed by atoms with Crippen molar-refractivity contribution in [1.29, 1.82) is 0 Å². The Balaban J connectivity index is 1.65. The van der Waals surface area contributed by atoms with Gasteiger partial charge in [-0.25, -0.2) is 0 Å². The summed E-state index contributed by atoms with van der Waals surface area (Å²) in [5.41, 5.74) is -0.317. The first kappa shape index (κ1) is 18.1. The standard InChI is InChI=1S/C17H27N3O5/c1-18(2)15(22)10-20-12-8-19(9-13(12)25-11-16(20)23)14(21)7-17(24-3)5-4-6-17/h12-13H,4-11H2,1-3H3/t12-,13-/m1/s1. The molecule has 2 saturated heterocycles. The van der Waals surface area contributed by atoms with Crippen LogP contribution in [0.1, 0.15) is 25.7 Å². The SMILES string of the molecule is COC1(CC(=O)N2C[C@@H]3[C@@H](C2)OCC(=O)N3CC(=O)N(C)C)CCC1. The van der Waals surface area contributed by atoms with E-state index >= 15 is 0 Å². The van der Waals surface area contributed by atoms with Crippen molar-refractivity contribution in [2.75, 3.05) is 47.4 Å². The summed E-state index contributed by atoms with van der Waals surface area (Å²) in [5.74, 6) is -0.296. The van der Waals surface area contributed by atoms with Crippen molar-refractivity contribution in [3.63, 3.8) is 0 Å². The first-order valence-corrected chi connectivity index (χ1v) is 8.79. The Labute approximate surface area is 148 Å². The molecule has 2 atom stereocenters. The van der Waals surface area contributed by atoms with Crippen LogP contribution >= 0.6 is 0 Å². The van der Waals surface area contributed by atoms with Gasteiger partial charge in [-0.1, -0.05) is 0 Å². The van der Waals surface area contributed by atoms with E-state index in [0.717, 1.165) is 19.3 Å². The molecule has 0 aromatic carbocycles. The number of carbonyl (C=O) groups excluding carboxylic acids is 3. The first-order chi connectivity index (χ1) is 11.8. The van der Waals surface area contributed by atoms with Gasteiger partial charge in [0.05, 0.1) is 24.2 Å². The van der Waals surface area contributed by atoms with E-state index in [0.29, 0.717) is 19.5 Å². The first-order valence-electron chi connectivity index (χ1n) is 8.79. The molecule has 0 aromatic heterocycles. The predicted molar refractivity (Wildman–Crippen MR) is 88.7 cm³/mol. The van der Waals surface area contributed by atoms with Crippen LogP contribution in [0.5, 0.6) is 0 Å². The van der Waals surface area contributed by atoms with Crippen LogP contribution in [-0.4, -0.2) is 97.6 Å². The Kier molecular flexibility index (Phi) is 5.02. The summed E-state index contributed by atoms with van der Waals surface area (Å²) in [6, 6.07) is -0.256. The van der Waals surface area contributed by atoms with Crippen molar-refractivity contribution < 1.29 is 23.9 Å². The van der Waals surface area contributed by atoms with Crippen molar-refractivity contribution in [3.05, 3.63) is 0 Å². The van der Waals surface area contributed by atoms with Crippen molar-refractivity contribution in [2.24, 2.45) is 0 Å². The predicted octanol–water partition coefficient (Wildman–Crippen LogP) is -0.528. The molecular formula is C17H27N3O5. The lowest BCUT2D eigenvalue weighted by molar-refractivity contribution is -0.156. The minimum atomic E-state index is -0.317. The summed E-state index contributed by atoms with van der Waals surface area (Å²) in [5, 5.41) is 0. The summed E-state index contributed by atoms with van der Waals surface area (Å²) in [6.45, 7) is 0.866. The number of likely N-dealkylation sites (tertiary alicyclic amines) is 1. The number of carbonyl (C=O) groups is 3. The van der Waals surface area contributed by atoms with E-state index in [1.807, 2.05) is 0 Å². The molecule has 0 aromatic rings. The van der Waals surface area contributed by atoms with E-state index in [9.17, 15) is 14.4 Å². The van der Waals surface area contributed by atoms with Crippen molar-refractivity contribution in [1.82, 2.24) is 14.7 Å². The normalized spacial score (nSPS) is 27.7. The molecule has 8 nitrogen and oxygen atoms in total. The number of nitrogens with zero attached hydrogens (tertiary/aromatic N) is 3. The summed E-state index contributed by atoms with van der Waals surface area (Å²) in [4.78, 5) is 41.7. The average Bonchev–Trinajstić information content (AvgIpc) is 2.97. The molecule has 2 aliphatic heterocycles. The monoisotopic (exact) mass is 353 g/mol. The summed E-state index contributed by atoms with van der Waals surface area (Å²) >= 11 is 0. The third kappa shape index (κ3) is 3.50. The highest BCUT2D eigenvalue weighted by molar-refractivity contribution is 5.86. The molecule has 3 rings (SSSR count). The number of ether oxygens (including phenoxy) is 2. The number of amides is 3. The molecule has 2 heterocycles. The van der Waals surface area contributed by atoms with Gasteiger partial charge in [-0.15, -0.1) is 0 Å². The van der Waals surface area contributed by atoms with Gasteiger partial charge in [-0.2, -0.15) is 0 Å². The van der Waals surface area contributed by atoms with Crippen LogP contribution in [0.4, 0.5) is 0 Å². The van der Waals surface area contributed by atoms with Crippen LogP contribution in [-0.2, 0) is 23.9 Å². The molecule has 140 valence electrons. The van der Waals surface area contributed by atoms with E-state index in [4.69, 9.17) is 9.47 Å². The van der Waals surface area contributed by atoms with Gasteiger partial charge in [0.15, 0.2) is 0 Å². The fraction of sp³-hybridized carbons (Fsp3) is 0.824. The van der Waals surface area contributed by atoms with Gasteiger partial charge in [-0.05, 0) is 19.3 Å². The highest BCUT2D eigenvalue weighted by Gasteiger charge is 2.47. The van der Waals surface area contributed by atoms with E-state index in [-0.39, 0.29) is 48.6 Å². The largest absolute Gasteiger partial charge is 0.378 e. The van der Waals surface area contributed by atoms with Crippen molar-refractivity contribution >= 4 is 17.7 Å². The molecular weight excluding hydrogens is 326 g/mol. The van der Waals surface area contributed by atoms with Gasteiger partial charge in [0.25, 0.3) is 0 Å². The number of hydrogen-bond acceptors (Lipinski definition) is 5. The Morgan fingerprint density at radius 3 is 2.60 bits per heavy atom. The van der Waals surface area contributed by atoms with Gasteiger partial charge in [-0.3, -0.25) is 14.4 Å². The zero-order valence-corrected chi connectivity index (χ0v) is 15.2. The number of morpholine rings is 1. The molecule has 0 bridgehead atoms. The second kappa shape index (κ2) is 6.92. The molecule has 8 heteroatoms. The molecule has 0 radical (unpaired) electrons. The Bertz CT molecular complexity index is 555. The van der Waals surface area contributed by atoms with Crippen molar-refractivity contribution in [3.8, 4) is 0 Å². The third-order valence-corrected chi connectivity index (χ3v) is 5.71. The highest BCUT2D eigenvalue weighted by atomic mass is 16.5. The molecule has 3 fully saturated rings. The average molecular weight is 353 g/mol. The lowest BCUT2D eigenvalue weighted by Crippen LogP contribution is -2.56. The minimum Gasteiger partial charge on any atom is -0.378 e. The highest BCUT2D eigenvalue weighted by Crippen LogP contribution is 2.39. The van der Waals surface area contributed by atoms with Crippen LogP contribution in [0.25, 0.3) is 0 Å². The van der Waals surface area contributed by atoms with Gasteiger partial charge < -0.3 is 24.2 Å². The van der Waals surface area contributed by atoms with E-state index in [1.165, 1.54) is 4.90 Å². The van der Waals surface area contributed by atoms with Crippen LogP contribution < -0.4 is 0 Å². The third-order valence-electron chi connectivity index (χ3n) is 5.71. The fourth-order valence-electron chi connectivity index (χ4n) is 3.77. The zero-order chi connectivity index (χ0) is 18.2. The Morgan fingerprint density at radius 1 is 1.32 bits per heavy atom. The molecule has 3 aliphatic rings. The second-order valence-corrected chi connectivity index (χ2v) is 7.44. The molecule has 1 saturated carbocycles. The fourth-order valence-corrected chi connectivity index (χ4v) is 3.77. The Morgan fingerprint density at radius 2 is 2.04 bits per heavy atom. The van der Waals surface area contributed by atoms with Crippen LogP contribution in [0.15, 0.2) is 0 Å². The maximum absolute atomic E-state index is 12.7. The van der Waals surface area contributed by atoms with Gasteiger partial charge >= 0.3 is 0 Å². The molecule has 3 amide bonds. The maximum atomic E-state index is 12.7. The van der Waals surface area contributed by atoms with Crippen LogP contribution in [0, 0.1) is 0 Å². The molecule has 0 unspecified atom stereocenters. The topological polar surface area (TPSA) is 79.4 Å². The quantitative estimate of drug-likeness (QED) is 0.664. The number of fused-ring (bicyclic) bond motifs is 1. The lowest BCUT2D eigenvalue weighted by atomic mass is 9.77. The van der Waals surface area contributed by atoms with Gasteiger partial charge in [0, 0.05) is 34.3 Å². The molecule has 25 heavy (non-hydrogen) atoms. The van der Waals surface area contributed by atoms with Crippen LogP contribution in [0.2, 0.25) is 0 Å². The van der Waals surface area contributed by atoms with E-state index in [1.54, 1.807) is 31.0 Å². The number of rotatable bonds is 5. The number of methoxy groups -OCH3 is 1. The summed E-state index contributed by atoms with van der Waals surface area (Å²) in [6.07, 6.45) is 3.05. The summed E-state index contributed by atoms with van der Waals surface area (Å²) < 4.78 is 11.2. The Hall–Kier alpha value is -1.67. The summed E-state index contributed by atoms with van der Waals surface area (Å²) in [7, 11) is 4.99. The van der Waals surface area contributed by atoms with Crippen LogP contribution in [0.3, 0.4) is 0 Å². The lowest BCUT2D eigenvalue weighted by Gasteiger charge is -2.40. The second-order valence-electron chi connectivity index (χ2n) is 7.44. The zero-order valence-electron chi connectivity index (χ0n) is 15.2. The van der Waals surface area contributed by atoms with E-state index < -0.39 is 0 Å². The minimum absolute atomic E-state index is 0.0282. The van der Waals surface area contributed by atoms with E-state index in [2.05, 4.69) is 0 Å². The number of likely N-dealkylation sites (N-methyl/N-ethyl adjacent to an activating group) is 1. The molecule has 0 spiro atoms. The smallest absolute Gasteiger partial charge is 0.249 e. The van der Waals surface area contributed by atoms with Gasteiger partial charge in [0.2, 0.25) is 17.7 Å². The number of hydrogen-bond donors (Lipinski definition) is 0. The maximum Gasteiger partial charge on any atom is 0.249 e. The molecule has 0 N–H and O–H groups in total. The van der Waals surface area contributed by atoms with Crippen molar-refractivity contribution in [2.45, 2.75) is 43.4 Å². The van der Waals surface area contributed by atoms with Gasteiger partial charge in [0.1, 0.15) is 13.2 Å². The molecule has 1 aliphatic carbocycles.